The molecule has 2 rings (SSSR count). The maximum atomic E-state index is 11.2. The van der Waals surface area contributed by atoms with Crippen LogP contribution in [0.1, 0.15) is 25.8 Å². The van der Waals surface area contributed by atoms with Gasteiger partial charge in [0, 0.05) is 26.0 Å². The largest absolute Gasteiger partial charge is 0.460 e. The Hall–Kier alpha value is -2.12. The number of rotatable bonds is 5. The molecule has 2 N–H and O–H groups in total. The van der Waals surface area contributed by atoms with Crippen molar-refractivity contribution >= 4 is 17.6 Å². The molecule has 1 aromatic carbocycles. The third kappa shape index (κ3) is 5.54. The van der Waals surface area contributed by atoms with Crippen LogP contribution < -0.4 is 5.73 Å². The maximum Gasteiger partial charge on any atom is 0.303 e. The first-order valence-electron chi connectivity index (χ1n) is 7.36. The molecule has 0 spiro atoms. The van der Waals surface area contributed by atoms with Gasteiger partial charge in [0.1, 0.15) is 6.10 Å². The number of hydrogen-bond donors (Lipinski definition) is 1. The molecular formula is C16H21NO6. The monoisotopic (exact) mass is 323 g/mol. The second kappa shape index (κ2) is 7.94. The van der Waals surface area contributed by atoms with E-state index in [4.69, 9.17) is 24.7 Å². The Labute approximate surface area is 134 Å². The van der Waals surface area contributed by atoms with Crippen LogP contribution in [0.3, 0.4) is 0 Å². The molecule has 3 atom stereocenters. The minimum absolute atomic E-state index is 0.198. The molecule has 0 bridgehead atoms. The molecule has 0 amide bonds. The summed E-state index contributed by atoms with van der Waals surface area (Å²) in [7, 11) is 0. The molecule has 7 nitrogen and oxygen atoms in total. The smallest absolute Gasteiger partial charge is 0.303 e. The molecule has 0 saturated carbocycles. The SMILES string of the molecule is CC(=O)OC1C[C@H](OC(C)=O)CO[C@@H]1OCc1ccc(N)cc1. The first-order valence-corrected chi connectivity index (χ1v) is 7.36. The predicted molar refractivity (Wildman–Crippen MR) is 81.1 cm³/mol. The molecule has 0 aromatic heterocycles. The Kier molecular flexibility index (Phi) is 5.95. The van der Waals surface area contributed by atoms with E-state index in [2.05, 4.69) is 0 Å². The van der Waals surface area contributed by atoms with Gasteiger partial charge in [0.25, 0.3) is 0 Å². The average Bonchev–Trinajstić information content (AvgIpc) is 2.47. The highest BCUT2D eigenvalue weighted by molar-refractivity contribution is 5.66. The Morgan fingerprint density at radius 2 is 1.83 bits per heavy atom. The fourth-order valence-electron chi connectivity index (χ4n) is 2.33. The highest BCUT2D eigenvalue weighted by Crippen LogP contribution is 2.22. The molecular weight excluding hydrogens is 302 g/mol. The van der Waals surface area contributed by atoms with Gasteiger partial charge in [-0.15, -0.1) is 0 Å². The zero-order valence-corrected chi connectivity index (χ0v) is 13.2. The average molecular weight is 323 g/mol. The Balaban J connectivity index is 1.94. The summed E-state index contributed by atoms with van der Waals surface area (Å²) in [5.74, 6) is -0.843. The number of nitrogen functional groups attached to an aromatic ring is 1. The van der Waals surface area contributed by atoms with E-state index in [9.17, 15) is 9.59 Å². The molecule has 0 radical (unpaired) electrons. The van der Waals surface area contributed by atoms with Crippen LogP contribution in [0.5, 0.6) is 0 Å². The second-order valence-corrected chi connectivity index (χ2v) is 5.37. The lowest BCUT2D eigenvalue weighted by Gasteiger charge is -2.34. The summed E-state index contributed by atoms with van der Waals surface area (Å²) >= 11 is 0. The van der Waals surface area contributed by atoms with E-state index >= 15 is 0 Å². The van der Waals surface area contributed by atoms with Crippen molar-refractivity contribution in [2.45, 2.75) is 45.4 Å². The Morgan fingerprint density at radius 1 is 1.17 bits per heavy atom. The summed E-state index contributed by atoms with van der Waals surface area (Å²) in [6.07, 6.45) is -1.44. The van der Waals surface area contributed by atoms with E-state index in [1.807, 2.05) is 12.1 Å². The highest BCUT2D eigenvalue weighted by Gasteiger charge is 2.36. The first kappa shape index (κ1) is 17.2. The van der Waals surface area contributed by atoms with Crippen molar-refractivity contribution < 1.29 is 28.5 Å². The lowest BCUT2D eigenvalue weighted by molar-refractivity contribution is -0.250. The van der Waals surface area contributed by atoms with E-state index in [0.29, 0.717) is 18.7 Å². The number of carbonyl (C=O) groups is 2. The Morgan fingerprint density at radius 3 is 2.43 bits per heavy atom. The molecule has 1 aliphatic rings. The summed E-state index contributed by atoms with van der Waals surface area (Å²) in [6.45, 7) is 3.13. The first-order chi connectivity index (χ1) is 10.9. The quantitative estimate of drug-likeness (QED) is 0.646. The molecule has 126 valence electrons. The van der Waals surface area contributed by atoms with Crippen molar-refractivity contribution in [2.24, 2.45) is 0 Å². The van der Waals surface area contributed by atoms with Crippen LogP contribution in [0.4, 0.5) is 5.69 Å². The molecule has 7 heteroatoms. The third-order valence-electron chi connectivity index (χ3n) is 3.29. The van der Waals surface area contributed by atoms with E-state index in [1.165, 1.54) is 13.8 Å². The molecule has 0 aliphatic carbocycles. The van der Waals surface area contributed by atoms with Crippen LogP contribution in [-0.4, -0.2) is 37.0 Å². The van der Waals surface area contributed by atoms with Crippen LogP contribution in [0.15, 0.2) is 24.3 Å². The normalized spacial score (nSPS) is 24.0. The van der Waals surface area contributed by atoms with Gasteiger partial charge >= 0.3 is 11.9 Å². The van der Waals surface area contributed by atoms with E-state index < -0.39 is 30.4 Å². The highest BCUT2D eigenvalue weighted by atomic mass is 16.7. The number of hydrogen-bond acceptors (Lipinski definition) is 7. The number of esters is 2. The number of anilines is 1. The van der Waals surface area contributed by atoms with Gasteiger partial charge in [0.15, 0.2) is 12.4 Å². The lowest BCUT2D eigenvalue weighted by atomic mass is 10.1. The van der Waals surface area contributed by atoms with Crippen molar-refractivity contribution in [1.29, 1.82) is 0 Å². The summed E-state index contributed by atoms with van der Waals surface area (Å²) in [5.41, 5.74) is 7.23. The zero-order valence-electron chi connectivity index (χ0n) is 13.2. The molecule has 1 fully saturated rings. The molecule has 1 saturated heterocycles. The van der Waals surface area contributed by atoms with Crippen molar-refractivity contribution in [1.82, 2.24) is 0 Å². The number of nitrogens with two attached hydrogens (primary N) is 1. The topological polar surface area (TPSA) is 97.1 Å². The molecule has 1 heterocycles. The van der Waals surface area contributed by atoms with Crippen LogP contribution in [0.2, 0.25) is 0 Å². The second-order valence-electron chi connectivity index (χ2n) is 5.37. The van der Waals surface area contributed by atoms with Gasteiger partial charge in [-0.1, -0.05) is 12.1 Å². The van der Waals surface area contributed by atoms with Crippen LogP contribution in [0, 0.1) is 0 Å². The number of carbonyl (C=O) groups excluding carboxylic acids is 2. The summed E-state index contributed by atoms with van der Waals surface area (Å²) < 4.78 is 21.6. The summed E-state index contributed by atoms with van der Waals surface area (Å²) in [5, 5.41) is 0. The van der Waals surface area contributed by atoms with Gasteiger partial charge in [-0.2, -0.15) is 0 Å². The van der Waals surface area contributed by atoms with Gasteiger partial charge in [0.2, 0.25) is 0 Å². The third-order valence-corrected chi connectivity index (χ3v) is 3.29. The van der Waals surface area contributed by atoms with Gasteiger partial charge in [-0.05, 0) is 17.7 Å². The summed E-state index contributed by atoms with van der Waals surface area (Å²) in [6, 6.07) is 7.25. The van der Waals surface area contributed by atoms with E-state index in [1.54, 1.807) is 12.1 Å². The molecule has 1 aromatic rings. The van der Waals surface area contributed by atoms with Crippen molar-refractivity contribution in [2.75, 3.05) is 12.3 Å². The van der Waals surface area contributed by atoms with Gasteiger partial charge < -0.3 is 24.7 Å². The van der Waals surface area contributed by atoms with Crippen LogP contribution in [0.25, 0.3) is 0 Å². The molecule has 23 heavy (non-hydrogen) atoms. The van der Waals surface area contributed by atoms with Gasteiger partial charge in [-0.25, -0.2) is 0 Å². The number of benzene rings is 1. The predicted octanol–water partition coefficient (Wildman–Crippen LogP) is 1.40. The number of ether oxygens (including phenoxy) is 4. The van der Waals surface area contributed by atoms with Crippen LogP contribution >= 0.6 is 0 Å². The maximum absolute atomic E-state index is 11.2. The minimum atomic E-state index is -0.705. The standard InChI is InChI=1S/C16H21NO6/c1-10(18)22-14-7-15(23-11(2)19)16(21-9-14)20-8-12-3-5-13(17)6-4-12/h3-6,14-16H,7-9,17H2,1-2H3/t14-,15?,16-/m0/s1. The fourth-order valence-corrected chi connectivity index (χ4v) is 2.33. The lowest BCUT2D eigenvalue weighted by Crippen LogP contribution is -2.46. The van der Waals surface area contributed by atoms with Crippen molar-refractivity contribution in [3.8, 4) is 0 Å². The summed E-state index contributed by atoms with van der Waals surface area (Å²) in [4.78, 5) is 22.3. The zero-order chi connectivity index (χ0) is 16.8. The molecule has 1 unspecified atom stereocenters. The van der Waals surface area contributed by atoms with Crippen LogP contribution in [-0.2, 0) is 35.1 Å². The van der Waals surface area contributed by atoms with E-state index in [-0.39, 0.29) is 6.61 Å². The van der Waals surface area contributed by atoms with Crippen molar-refractivity contribution in [3.63, 3.8) is 0 Å². The Bertz CT molecular complexity index is 544. The van der Waals surface area contributed by atoms with E-state index in [0.717, 1.165) is 5.56 Å². The van der Waals surface area contributed by atoms with Crippen molar-refractivity contribution in [3.05, 3.63) is 29.8 Å². The van der Waals surface area contributed by atoms with Gasteiger partial charge in [0.05, 0.1) is 13.2 Å². The fraction of sp³-hybridized carbons (Fsp3) is 0.500. The minimum Gasteiger partial charge on any atom is -0.460 e. The molecule has 1 aliphatic heterocycles. The van der Waals surface area contributed by atoms with Gasteiger partial charge in [-0.3, -0.25) is 9.59 Å².